The van der Waals surface area contributed by atoms with E-state index >= 15 is 0 Å². The van der Waals surface area contributed by atoms with Crippen molar-refractivity contribution in [3.63, 3.8) is 0 Å². The molecule has 2 nitrogen and oxygen atoms in total. The van der Waals surface area contributed by atoms with Crippen LogP contribution in [0.3, 0.4) is 0 Å². The first-order valence-corrected chi connectivity index (χ1v) is 20.9. The normalized spacial score (nSPS) is 13.8. The second-order valence-corrected chi connectivity index (χ2v) is 22.5. The van der Waals surface area contributed by atoms with Crippen molar-refractivity contribution in [2.75, 3.05) is 20.4 Å². The van der Waals surface area contributed by atoms with Crippen LogP contribution in [0.15, 0.2) is 116 Å². The van der Waals surface area contributed by atoms with Crippen molar-refractivity contribution >= 4 is 42.2 Å². The predicted molar refractivity (Wildman–Crippen MR) is 198 cm³/mol. The van der Waals surface area contributed by atoms with Crippen molar-refractivity contribution in [1.29, 1.82) is 0 Å². The zero-order chi connectivity index (χ0) is 30.7. The summed E-state index contributed by atoms with van der Waals surface area (Å²) in [6, 6.07) is 38.2. The molecule has 0 aromatic heterocycles. The number of methoxy groups -OCH3 is 2. The van der Waals surface area contributed by atoms with Gasteiger partial charge in [0.05, 0.1) is 0 Å². The van der Waals surface area contributed by atoms with Gasteiger partial charge in [0.25, 0.3) is 0 Å². The molecular weight excluding hydrogens is 658 g/mol. The van der Waals surface area contributed by atoms with Crippen LogP contribution in [0.5, 0.6) is 11.5 Å². The number of unbranched alkanes of at least 4 members (excludes halogenated alkanes) is 1. The molecule has 0 aliphatic heterocycles. The Morgan fingerprint density at radius 2 is 1.23 bits per heavy atom. The Balaban J connectivity index is 1.70. The number of hydrogen-bond donors (Lipinski definition) is 0. The summed E-state index contributed by atoms with van der Waals surface area (Å²) in [5.74, 6) is 2.70. The van der Waals surface area contributed by atoms with E-state index in [0.717, 1.165) is 43.3 Å². The van der Waals surface area contributed by atoms with E-state index in [1.165, 1.54) is 39.9 Å². The summed E-state index contributed by atoms with van der Waals surface area (Å²) in [4.78, 5) is 0. The molecule has 0 saturated carbocycles. The van der Waals surface area contributed by atoms with Gasteiger partial charge in [-0.2, -0.15) is 0 Å². The summed E-state index contributed by atoms with van der Waals surface area (Å²) in [6.07, 6.45) is 9.56. The van der Waals surface area contributed by atoms with E-state index in [1.807, 2.05) is 6.08 Å². The fourth-order valence-electron chi connectivity index (χ4n) is 6.56. The van der Waals surface area contributed by atoms with Crippen molar-refractivity contribution in [3.8, 4) is 11.5 Å². The zero-order valence-corrected chi connectivity index (χ0v) is 29.4. The molecule has 0 unspecified atom stereocenters. The molecule has 2 atom stereocenters. The second kappa shape index (κ2) is 15.4. The van der Waals surface area contributed by atoms with E-state index in [-0.39, 0.29) is 0 Å². The fraction of sp³-hybridized carbons (Fsp3) is 0.333. The van der Waals surface area contributed by atoms with Crippen molar-refractivity contribution in [2.24, 2.45) is 5.92 Å². The Morgan fingerprint density at radius 1 is 0.767 bits per heavy atom. The Bertz CT molecular complexity index is 1310. The number of hydrogen-bond acceptors (Lipinski definition) is 2. The number of allylic oxidation sites excluding steroid dienone is 1. The molecule has 0 radical (unpaired) electrons. The van der Waals surface area contributed by atoms with Gasteiger partial charge < -0.3 is 0 Å². The molecule has 0 aliphatic carbocycles. The topological polar surface area (TPSA) is 18.5 Å². The monoisotopic (exact) mass is 706 g/mol. The molecule has 228 valence electrons. The summed E-state index contributed by atoms with van der Waals surface area (Å²) >= 11 is 2.91. The van der Waals surface area contributed by atoms with Crippen LogP contribution >= 0.6 is 26.3 Å². The van der Waals surface area contributed by atoms with E-state index in [9.17, 15) is 0 Å². The summed E-state index contributed by atoms with van der Waals surface area (Å²) < 4.78 is 9.23. The third kappa shape index (κ3) is 7.21. The van der Waals surface area contributed by atoms with Gasteiger partial charge in [-0.25, -0.2) is 0 Å². The molecule has 0 N–H and O–H groups in total. The van der Waals surface area contributed by atoms with Crippen LogP contribution in [0.4, 0.5) is 0 Å². The number of ether oxygens (including phenoxy) is 2. The molecule has 4 rings (SSSR count). The molecule has 0 heterocycles. The van der Waals surface area contributed by atoms with Crippen LogP contribution in [-0.4, -0.2) is 20.4 Å². The van der Waals surface area contributed by atoms with E-state index < -0.39 is 4.25 Å². The van der Waals surface area contributed by atoms with Crippen LogP contribution in [-0.2, 0) is 6.42 Å². The van der Waals surface area contributed by atoms with Gasteiger partial charge in [0.2, 0.25) is 0 Å². The quantitative estimate of drug-likeness (QED) is 0.0656. The Hall–Kier alpha value is -2.62. The van der Waals surface area contributed by atoms with Crippen molar-refractivity contribution < 1.29 is 9.47 Å². The van der Waals surface area contributed by atoms with Crippen LogP contribution < -0.4 is 25.4 Å². The number of halogens is 1. The average molecular weight is 707 g/mol. The van der Waals surface area contributed by atoms with Gasteiger partial charge in [0, 0.05) is 0 Å². The zero-order valence-electron chi connectivity index (χ0n) is 26.3. The molecular formula is C39H48IO2P. The first kappa shape index (κ1) is 33.3. The molecule has 0 saturated heterocycles. The molecule has 4 aromatic carbocycles. The summed E-state index contributed by atoms with van der Waals surface area (Å²) in [5, 5.41) is 4.31. The molecule has 0 aliphatic rings. The van der Waals surface area contributed by atoms with Crippen molar-refractivity contribution in [2.45, 2.75) is 58.3 Å². The molecule has 0 spiro atoms. The maximum atomic E-state index is 6.01. The third-order valence-corrected chi connectivity index (χ3v) is 20.6. The van der Waals surface area contributed by atoms with Gasteiger partial charge in [-0.05, 0) is 0 Å². The van der Waals surface area contributed by atoms with E-state index in [2.05, 4.69) is 146 Å². The van der Waals surface area contributed by atoms with Gasteiger partial charge in [-0.3, -0.25) is 0 Å². The summed E-state index contributed by atoms with van der Waals surface area (Å²) in [5.41, 5.74) is 2.45. The van der Waals surface area contributed by atoms with E-state index in [1.54, 1.807) is 14.2 Å². The van der Waals surface area contributed by atoms with E-state index in [0.29, 0.717) is 11.8 Å². The molecule has 0 amide bonds. The van der Waals surface area contributed by atoms with Gasteiger partial charge in [0.1, 0.15) is 0 Å². The second-order valence-electron chi connectivity index (χ2n) is 11.8. The fourth-order valence-corrected chi connectivity index (χ4v) is 15.3. The Labute approximate surface area is 273 Å². The first-order valence-electron chi connectivity index (χ1n) is 15.6. The van der Waals surface area contributed by atoms with Crippen molar-refractivity contribution in [3.05, 3.63) is 127 Å². The van der Waals surface area contributed by atoms with Crippen LogP contribution in [0.1, 0.15) is 63.0 Å². The Morgan fingerprint density at radius 3 is 1.63 bits per heavy atom. The van der Waals surface area contributed by atoms with Gasteiger partial charge in [-0.1, -0.05) is 6.92 Å². The molecule has 43 heavy (non-hydrogen) atoms. The van der Waals surface area contributed by atoms with Gasteiger partial charge >= 0.3 is 268 Å². The van der Waals surface area contributed by atoms with Crippen LogP contribution in [0, 0.1) is 5.92 Å². The van der Waals surface area contributed by atoms with Crippen molar-refractivity contribution in [1.82, 2.24) is 0 Å². The third-order valence-electron chi connectivity index (χ3n) is 8.88. The molecule has 0 fully saturated rings. The molecule has 4 aromatic rings. The average Bonchev–Trinajstić information content (AvgIpc) is 3.06. The maximum absolute atomic E-state index is 6.01. The Kier molecular flexibility index (Phi) is 11.9. The first-order chi connectivity index (χ1) is 20.9. The summed E-state index contributed by atoms with van der Waals surface area (Å²) in [7, 11) is 3.57. The van der Waals surface area contributed by atoms with Gasteiger partial charge in [-0.15, -0.1) is 0 Å². The molecule has 0 bridgehead atoms. The van der Waals surface area contributed by atoms with Crippen LogP contribution in [0.25, 0.3) is 0 Å². The summed E-state index contributed by atoms with van der Waals surface area (Å²) in [6.45, 7) is 8.68. The number of benzene rings is 4. The minimum atomic E-state index is -2.79. The SMILES string of the molecule is C=CC[C@H](CCCC)c1c(OC)cc(C[C@@H](C)CCP(I)(c2ccccc2)(c2ccccc2)c2ccccc2)cc1OC. The van der Waals surface area contributed by atoms with E-state index in [4.69, 9.17) is 9.47 Å². The minimum absolute atomic E-state index is 0.349. The predicted octanol–water partition coefficient (Wildman–Crippen LogP) is 10.0. The standard InChI is InChI=1S/C39H48IO2P/c1-6-8-19-33(18-7-2)39-37(41-4)29-32(30-38(39)42-5)28-31(3)26-27-43(40,34-20-12-9-13-21-34,35-22-14-10-15-23-35)36-24-16-11-17-25-36/h7,9-17,20-25,29-31,33H,2,6,8,18-19,26-28H2,1,3-5H3/t31-,33+/m0/s1. The number of rotatable bonds is 16. The molecule has 4 heteroatoms. The van der Waals surface area contributed by atoms with Gasteiger partial charge in [0.15, 0.2) is 0 Å². The van der Waals surface area contributed by atoms with Crippen LogP contribution in [0.2, 0.25) is 0 Å².